The van der Waals surface area contributed by atoms with Crippen LogP contribution in [0.15, 0.2) is 0 Å². The summed E-state index contributed by atoms with van der Waals surface area (Å²) in [5, 5.41) is 25.2. The first-order valence-electron chi connectivity index (χ1n) is 7.33. The van der Waals surface area contributed by atoms with Crippen molar-refractivity contribution in [2.24, 2.45) is 0 Å². The lowest BCUT2D eigenvalue weighted by Gasteiger charge is -2.42. The van der Waals surface area contributed by atoms with E-state index in [1.165, 1.54) is 0 Å². The molecule has 2 aliphatic carbocycles. The molecule has 0 heterocycles. The first-order chi connectivity index (χ1) is 9.27. The summed E-state index contributed by atoms with van der Waals surface area (Å²) in [7, 11) is 0. The second-order valence-electron chi connectivity index (χ2n) is 6.30. The quantitative estimate of drug-likeness (QED) is 0.538. The lowest BCUT2D eigenvalue weighted by atomic mass is 9.75. The van der Waals surface area contributed by atoms with E-state index in [4.69, 9.17) is 0 Å². The van der Waals surface area contributed by atoms with Crippen molar-refractivity contribution in [1.82, 2.24) is 10.6 Å². The van der Waals surface area contributed by atoms with Gasteiger partial charge in [0.1, 0.15) is 0 Å². The highest BCUT2D eigenvalue weighted by atomic mass is 16.3. The molecule has 6 nitrogen and oxygen atoms in total. The molecule has 0 saturated heterocycles. The summed E-state index contributed by atoms with van der Waals surface area (Å²) in [5.41, 5.74) is -1.76. The van der Waals surface area contributed by atoms with Crippen molar-refractivity contribution in [3.63, 3.8) is 0 Å². The molecule has 0 spiro atoms. The van der Waals surface area contributed by atoms with E-state index in [9.17, 15) is 19.8 Å². The molecule has 0 aliphatic heterocycles. The Labute approximate surface area is 118 Å². The molecule has 2 fully saturated rings. The second-order valence-corrected chi connectivity index (χ2v) is 6.30. The minimum absolute atomic E-state index is 0.448. The number of hydrogen-bond acceptors (Lipinski definition) is 4. The standard InChI is InChI=1S/C14H24N2O4/c1-9(13(19)5-3-6-13)15-11(17)12(18)16-10(2)14(20)7-4-8-14/h9-10,19-20H,3-8H2,1-2H3,(H,15,17)(H,16,18)/t9-,10-/m1/s1. The van der Waals surface area contributed by atoms with Crippen LogP contribution < -0.4 is 10.6 Å². The van der Waals surface area contributed by atoms with Gasteiger partial charge in [-0.3, -0.25) is 9.59 Å². The van der Waals surface area contributed by atoms with E-state index in [1.807, 2.05) is 0 Å². The maximum absolute atomic E-state index is 11.8. The summed E-state index contributed by atoms with van der Waals surface area (Å²) in [6, 6.07) is -0.895. The number of carbonyl (C=O) groups excluding carboxylic acids is 2. The van der Waals surface area contributed by atoms with Gasteiger partial charge in [0.05, 0.1) is 23.3 Å². The first kappa shape index (κ1) is 15.3. The second kappa shape index (κ2) is 5.33. The van der Waals surface area contributed by atoms with Crippen LogP contribution >= 0.6 is 0 Å². The number of hydrogen-bond donors (Lipinski definition) is 4. The van der Waals surface area contributed by atoms with Crippen molar-refractivity contribution in [2.75, 3.05) is 0 Å². The van der Waals surface area contributed by atoms with Gasteiger partial charge in [0.2, 0.25) is 0 Å². The average Bonchev–Trinajstić information content (AvgIpc) is 2.32. The van der Waals surface area contributed by atoms with Gasteiger partial charge < -0.3 is 20.8 Å². The summed E-state index contributed by atoms with van der Waals surface area (Å²) >= 11 is 0. The number of nitrogens with one attached hydrogen (secondary N) is 2. The summed E-state index contributed by atoms with van der Waals surface area (Å²) < 4.78 is 0. The van der Waals surface area contributed by atoms with Gasteiger partial charge >= 0.3 is 11.8 Å². The topological polar surface area (TPSA) is 98.7 Å². The van der Waals surface area contributed by atoms with Crippen molar-refractivity contribution >= 4 is 11.8 Å². The van der Waals surface area contributed by atoms with Gasteiger partial charge in [0.15, 0.2) is 0 Å². The summed E-state index contributed by atoms with van der Waals surface area (Å²) in [6.07, 6.45) is 4.46. The zero-order valence-corrected chi connectivity index (χ0v) is 12.1. The number of carbonyl (C=O) groups is 2. The molecule has 0 radical (unpaired) electrons. The highest BCUT2D eigenvalue weighted by molar-refractivity contribution is 6.35. The van der Waals surface area contributed by atoms with Crippen LogP contribution in [0.5, 0.6) is 0 Å². The summed E-state index contributed by atoms with van der Waals surface area (Å²) in [5.74, 6) is -1.51. The maximum Gasteiger partial charge on any atom is 0.309 e. The van der Waals surface area contributed by atoms with Gasteiger partial charge in [0.25, 0.3) is 0 Å². The minimum atomic E-state index is -0.881. The predicted molar refractivity (Wildman–Crippen MR) is 72.8 cm³/mol. The maximum atomic E-state index is 11.8. The first-order valence-corrected chi connectivity index (χ1v) is 7.33. The van der Waals surface area contributed by atoms with Gasteiger partial charge in [0, 0.05) is 0 Å². The Morgan fingerprint density at radius 3 is 1.35 bits per heavy atom. The number of aliphatic hydroxyl groups is 2. The highest BCUT2D eigenvalue weighted by Gasteiger charge is 2.43. The van der Waals surface area contributed by atoms with Gasteiger partial charge in [-0.05, 0) is 52.4 Å². The van der Waals surface area contributed by atoms with Gasteiger partial charge in [-0.25, -0.2) is 0 Å². The smallest absolute Gasteiger partial charge is 0.309 e. The Morgan fingerprint density at radius 2 is 1.15 bits per heavy atom. The lowest BCUT2D eigenvalue weighted by Crippen LogP contribution is -2.60. The SMILES string of the molecule is C[C@@H](NC(=O)C(=O)N[C@H](C)C1(O)CCC1)C1(O)CCC1. The van der Waals surface area contributed by atoms with Crippen LogP contribution in [0.4, 0.5) is 0 Å². The molecule has 2 atom stereocenters. The molecule has 0 aromatic heterocycles. The van der Waals surface area contributed by atoms with Crippen molar-refractivity contribution < 1.29 is 19.8 Å². The van der Waals surface area contributed by atoms with Gasteiger partial charge in [-0.2, -0.15) is 0 Å². The van der Waals surface area contributed by atoms with E-state index in [2.05, 4.69) is 10.6 Å². The zero-order chi connectivity index (χ0) is 15.0. The van der Waals surface area contributed by atoms with Crippen molar-refractivity contribution in [2.45, 2.75) is 75.7 Å². The fraction of sp³-hybridized carbons (Fsp3) is 0.857. The monoisotopic (exact) mass is 284 g/mol. The van der Waals surface area contributed by atoms with E-state index in [1.54, 1.807) is 13.8 Å². The average molecular weight is 284 g/mol. The molecular weight excluding hydrogens is 260 g/mol. The molecule has 2 amide bonds. The van der Waals surface area contributed by atoms with E-state index in [0.29, 0.717) is 25.7 Å². The van der Waals surface area contributed by atoms with Crippen molar-refractivity contribution in [3.05, 3.63) is 0 Å². The van der Waals surface area contributed by atoms with Crippen LogP contribution in [-0.4, -0.2) is 45.3 Å². The van der Waals surface area contributed by atoms with Crippen LogP contribution in [0.1, 0.15) is 52.4 Å². The predicted octanol–water partition coefficient (Wildman–Crippen LogP) is -0.174. The van der Waals surface area contributed by atoms with E-state index in [0.717, 1.165) is 12.8 Å². The fourth-order valence-electron chi connectivity index (χ4n) is 2.74. The fourth-order valence-corrected chi connectivity index (χ4v) is 2.74. The molecule has 4 N–H and O–H groups in total. The highest BCUT2D eigenvalue weighted by Crippen LogP contribution is 2.35. The Bertz CT molecular complexity index is 364. The Hall–Kier alpha value is -1.14. The van der Waals surface area contributed by atoms with Crippen molar-refractivity contribution in [1.29, 1.82) is 0 Å². The molecule has 2 aliphatic rings. The molecule has 0 unspecified atom stereocenters. The van der Waals surface area contributed by atoms with Crippen LogP contribution in [0.2, 0.25) is 0 Å². The van der Waals surface area contributed by atoms with E-state index in [-0.39, 0.29) is 0 Å². The van der Waals surface area contributed by atoms with Gasteiger partial charge in [-0.1, -0.05) is 0 Å². The molecule has 20 heavy (non-hydrogen) atoms. The number of amides is 2. The van der Waals surface area contributed by atoms with Gasteiger partial charge in [-0.15, -0.1) is 0 Å². The van der Waals surface area contributed by atoms with Crippen LogP contribution in [-0.2, 0) is 9.59 Å². The normalized spacial score (nSPS) is 25.6. The third-order valence-electron chi connectivity index (χ3n) is 4.95. The van der Waals surface area contributed by atoms with Crippen LogP contribution in [0.25, 0.3) is 0 Å². The van der Waals surface area contributed by atoms with Crippen LogP contribution in [0.3, 0.4) is 0 Å². The largest absolute Gasteiger partial charge is 0.388 e. The molecule has 0 bridgehead atoms. The molecule has 2 saturated carbocycles. The Balaban J connectivity index is 1.81. The molecule has 0 aromatic carbocycles. The molecule has 0 aromatic rings. The lowest BCUT2D eigenvalue weighted by molar-refractivity contribution is -0.144. The third-order valence-corrected chi connectivity index (χ3v) is 4.95. The zero-order valence-electron chi connectivity index (χ0n) is 12.1. The number of rotatable bonds is 4. The third kappa shape index (κ3) is 2.81. The molecular formula is C14H24N2O4. The Morgan fingerprint density at radius 1 is 0.850 bits per heavy atom. The van der Waals surface area contributed by atoms with Crippen LogP contribution in [0, 0.1) is 0 Å². The minimum Gasteiger partial charge on any atom is -0.388 e. The summed E-state index contributed by atoms with van der Waals surface area (Å²) in [6.45, 7) is 3.40. The molecule has 114 valence electrons. The van der Waals surface area contributed by atoms with Crippen molar-refractivity contribution in [3.8, 4) is 0 Å². The van der Waals surface area contributed by atoms with E-state index >= 15 is 0 Å². The Kier molecular flexibility index (Phi) is 4.07. The summed E-state index contributed by atoms with van der Waals surface area (Å²) in [4.78, 5) is 23.6. The molecule has 6 heteroatoms. The van der Waals surface area contributed by atoms with E-state index < -0.39 is 35.1 Å². The molecule has 2 rings (SSSR count).